The summed E-state index contributed by atoms with van der Waals surface area (Å²) in [7, 11) is 0. The van der Waals surface area contributed by atoms with Crippen LogP contribution in [0, 0.1) is 5.92 Å². The van der Waals surface area contributed by atoms with Crippen molar-refractivity contribution < 1.29 is 0 Å². The van der Waals surface area contributed by atoms with Crippen molar-refractivity contribution in [1.82, 2.24) is 0 Å². The summed E-state index contributed by atoms with van der Waals surface area (Å²) in [5.74, 6) is 1.02. The van der Waals surface area contributed by atoms with Crippen LogP contribution in [0.5, 0.6) is 0 Å². The number of nitrogens with two attached hydrogens (primary N) is 2. The Morgan fingerprint density at radius 3 is 2.73 bits per heavy atom. The fourth-order valence-electron chi connectivity index (χ4n) is 4.51. The Labute approximate surface area is 132 Å². The summed E-state index contributed by atoms with van der Waals surface area (Å²) in [4.78, 5) is 0. The fourth-order valence-corrected chi connectivity index (χ4v) is 4.51. The molecule has 2 aromatic rings. The topological polar surface area (TPSA) is 52.0 Å². The molecule has 114 valence electrons. The third kappa shape index (κ3) is 2.14. The Morgan fingerprint density at radius 1 is 0.955 bits per heavy atom. The van der Waals surface area contributed by atoms with Crippen molar-refractivity contribution in [3.63, 3.8) is 0 Å². The van der Waals surface area contributed by atoms with Crippen molar-refractivity contribution in [2.24, 2.45) is 11.7 Å². The summed E-state index contributed by atoms with van der Waals surface area (Å²) >= 11 is 0. The highest BCUT2D eigenvalue weighted by Crippen LogP contribution is 2.47. The third-order valence-corrected chi connectivity index (χ3v) is 5.56. The smallest absolute Gasteiger partial charge is 0.0359 e. The number of rotatable bonds is 1. The zero-order valence-electron chi connectivity index (χ0n) is 13.0. The van der Waals surface area contributed by atoms with E-state index in [4.69, 9.17) is 11.5 Å². The Bertz CT molecular complexity index is 732. The van der Waals surface area contributed by atoms with Gasteiger partial charge in [-0.3, -0.25) is 0 Å². The minimum Gasteiger partial charge on any atom is -0.398 e. The van der Waals surface area contributed by atoms with E-state index in [-0.39, 0.29) is 6.04 Å². The van der Waals surface area contributed by atoms with E-state index < -0.39 is 0 Å². The summed E-state index contributed by atoms with van der Waals surface area (Å²) in [5, 5.41) is 2.53. The monoisotopic (exact) mass is 292 g/mol. The molecule has 22 heavy (non-hydrogen) atoms. The van der Waals surface area contributed by atoms with Gasteiger partial charge in [0, 0.05) is 17.6 Å². The zero-order valence-corrected chi connectivity index (χ0v) is 13.0. The molecule has 4 N–H and O–H groups in total. The summed E-state index contributed by atoms with van der Waals surface area (Å²) in [6.45, 7) is 0. The second-order valence-electron chi connectivity index (χ2n) is 6.84. The normalized spacial score (nSPS) is 28.2. The zero-order chi connectivity index (χ0) is 15.1. The molecule has 1 fully saturated rings. The van der Waals surface area contributed by atoms with E-state index in [2.05, 4.69) is 42.5 Å². The predicted octanol–water partition coefficient (Wildman–Crippen LogP) is 4.35. The van der Waals surface area contributed by atoms with E-state index >= 15 is 0 Å². The largest absolute Gasteiger partial charge is 0.398 e. The molecule has 0 spiro atoms. The van der Waals surface area contributed by atoms with E-state index in [0.717, 1.165) is 18.0 Å². The molecule has 0 heterocycles. The SMILES string of the molecule is Nc1ccc2ccccc2c1C1C2=CCCCC2CCC1N. The molecule has 0 bridgehead atoms. The van der Waals surface area contributed by atoms with Crippen molar-refractivity contribution in [3.8, 4) is 0 Å². The second kappa shape index (κ2) is 5.44. The number of benzene rings is 2. The maximum Gasteiger partial charge on any atom is 0.0359 e. The molecule has 0 aromatic heterocycles. The lowest BCUT2D eigenvalue weighted by molar-refractivity contribution is 0.345. The lowest BCUT2D eigenvalue weighted by Gasteiger charge is -2.40. The van der Waals surface area contributed by atoms with Gasteiger partial charge >= 0.3 is 0 Å². The highest BCUT2D eigenvalue weighted by atomic mass is 14.7. The van der Waals surface area contributed by atoms with Gasteiger partial charge in [-0.15, -0.1) is 0 Å². The number of anilines is 1. The molecule has 1 saturated carbocycles. The molecular weight excluding hydrogens is 268 g/mol. The van der Waals surface area contributed by atoms with E-state index in [9.17, 15) is 0 Å². The Morgan fingerprint density at radius 2 is 1.82 bits per heavy atom. The van der Waals surface area contributed by atoms with Crippen LogP contribution in [0.3, 0.4) is 0 Å². The lowest BCUT2D eigenvalue weighted by Crippen LogP contribution is -2.37. The van der Waals surface area contributed by atoms with Crippen LogP contribution in [0.25, 0.3) is 10.8 Å². The van der Waals surface area contributed by atoms with E-state index in [1.54, 1.807) is 5.57 Å². The molecule has 3 atom stereocenters. The van der Waals surface area contributed by atoms with Gasteiger partial charge in [0.1, 0.15) is 0 Å². The molecule has 2 nitrogen and oxygen atoms in total. The van der Waals surface area contributed by atoms with Crippen molar-refractivity contribution in [2.75, 3.05) is 5.73 Å². The molecule has 0 saturated heterocycles. The van der Waals surface area contributed by atoms with Crippen LogP contribution in [-0.4, -0.2) is 6.04 Å². The number of allylic oxidation sites excluding steroid dienone is 1. The number of hydrogen-bond acceptors (Lipinski definition) is 2. The molecule has 2 aliphatic carbocycles. The Kier molecular flexibility index (Phi) is 3.42. The average molecular weight is 292 g/mol. The summed E-state index contributed by atoms with van der Waals surface area (Å²) in [6, 6.07) is 12.9. The molecular formula is C20H24N2. The minimum absolute atomic E-state index is 0.189. The molecule has 2 heteroatoms. The minimum atomic E-state index is 0.189. The lowest BCUT2D eigenvalue weighted by atomic mass is 9.66. The van der Waals surface area contributed by atoms with Crippen molar-refractivity contribution in [3.05, 3.63) is 53.6 Å². The summed E-state index contributed by atoms with van der Waals surface area (Å²) < 4.78 is 0. The first-order valence-electron chi connectivity index (χ1n) is 8.48. The van der Waals surface area contributed by atoms with Crippen LogP contribution in [0.2, 0.25) is 0 Å². The average Bonchev–Trinajstić information content (AvgIpc) is 2.56. The van der Waals surface area contributed by atoms with Gasteiger partial charge in [0.15, 0.2) is 0 Å². The van der Waals surface area contributed by atoms with Gasteiger partial charge in [-0.05, 0) is 60.4 Å². The predicted molar refractivity (Wildman–Crippen MR) is 93.7 cm³/mol. The van der Waals surface area contributed by atoms with Crippen LogP contribution in [0.4, 0.5) is 5.69 Å². The van der Waals surface area contributed by atoms with Gasteiger partial charge in [-0.25, -0.2) is 0 Å². The van der Waals surface area contributed by atoms with E-state index in [0.29, 0.717) is 5.92 Å². The Hall–Kier alpha value is -1.80. The van der Waals surface area contributed by atoms with Gasteiger partial charge in [0.25, 0.3) is 0 Å². The third-order valence-electron chi connectivity index (χ3n) is 5.56. The van der Waals surface area contributed by atoms with Crippen LogP contribution in [-0.2, 0) is 0 Å². The summed E-state index contributed by atoms with van der Waals surface area (Å²) in [6.07, 6.45) is 8.64. The van der Waals surface area contributed by atoms with Crippen LogP contribution in [0.15, 0.2) is 48.0 Å². The van der Waals surface area contributed by atoms with Gasteiger partial charge in [0.05, 0.1) is 0 Å². The first-order valence-corrected chi connectivity index (χ1v) is 8.48. The molecule has 0 aliphatic heterocycles. The van der Waals surface area contributed by atoms with Crippen LogP contribution in [0.1, 0.15) is 43.6 Å². The molecule has 0 amide bonds. The van der Waals surface area contributed by atoms with Gasteiger partial charge in [-0.1, -0.05) is 42.0 Å². The van der Waals surface area contributed by atoms with Gasteiger partial charge in [0.2, 0.25) is 0 Å². The molecule has 0 radical (unpaired) electrons. The standard InChI is InChI=1S/C20H24N2/c21-17-11-9-13-5-1-3-7-15(13)19(17)20-16-8-4-2-6-14(16)10-12-18(20)22/h1,3,5,7-9,11,14,18,20H,2,4,6,10,12,21-22H2. The highest BCUT2D eigenvalue weighted by Gasteiger charge is 2.36. The highest BCUT2D eigenvalue weighted by molar-refractivity contribution is 5.90. The maximum absolute atomic E-state index is 6.58. The van der Waals surface area contributed by atoms with Crippen LogP contribution < -0.4 is 11.5 Å². The number of nitrogen functional groups attached to an aromatic ring is 1. The van der Waals surface area contributed by atoms with Gasteiger partial charge in [-0.2, -0.15) is 0 Å². The van der Waals surface area contributed by atoms with E-state index in [1.807, 2.05) is 0 Å². The molecule has 2 aromatic carbocycles. The maximum atomic E-state index is 6.58. The fraction of sp³-hybridized carbons (Fsp3) is 0.400. The first-order chi connectivity index (χ1) is 10.8. The van der Waals surface area contributed by atoms with Gasteiger partial charge < -0.3 is 11.5 Å². The second-order valence-corrected chi connectivity index (χ2v) is 6.84. The van der Waals surface area contributed by atoms with E-state index in [1.165, 1.54) is 42.0 Å². The van der Waals surface area contributed by atoms with Crippen molar-refractivity contribution >= 4 is 16.5 Å². The van der Waals surface area contributed by atoms with Crippen molar-refractivity contribution in [1.29, 1.82) is 0 Å². The first kappa shape index (κ1) is 13.8. The van der Waals surface area contributed by atoms with Crippen molar-refractivity contribution in [2.45, 2.75) is 44.1 Å². The molecule has 2 aliphatic rings. The summed E-state index contributed by atoms with van der Waals surface area (Å²) in [5.41, 5.74) is 16.7. The van der Waals surface area contributed by atoms with Crippen LogP contribution >= 0.6 is 0 Å². The quantitative estimate of drug-likeness (QED) is 0.606. The Balaban J connectivity index is 1.92. The molecule has 3 unspecified atom stereocenters. The number of fused-ring (bicyclic) bond motifs is 2. The molecule has 4 rings (SSSR count). The number of hydrogen-bond donors (Lipinski definition) is 2.